The molecular weight excluding hydrogens is 500 g/mol. The van der Waals surface area contributed by atoms with Crippen molar-refractivity contribution in [3.05, 3.63) is 28.8 Å². The Labute approximate surface area is 229 Å². The molecule has 206 valence electrons. The quantitative estimate of drug-likeness (QED) is 0.383. The van der Waals surface area contributed by atoms with Gasteiger partial charge >= 0.3 is 0 Å². The summed E-state index contributed by atoms with van der Waals surface area (Å²) < 4.78 is 7.23. The molecule has 0 saturated carbocycles. The van der Waals surface area contributed by atoms with Crippen molar-refractivity contribution in [2.75, 3.05) is 0 Å². The Kier molecular flexibility index (Phi) is 8.34. The number of aryl methyl sites for hydroxylation is 1. The summed E-state index contributed by atoms with van der Waals surface area (Å²) in [6.07, 6.45) is 6.18. The number of nitrogens with zero attached hydrogens (tertiary/aromatic N) is 1. The Bertz CT molecular complexity index is 1230. The van der Waals surface area contributed by atoms with Crippen LogP contribution in [0.4, 0.5) is 0 Å². The van der Waals surface area contributed by atoms with Crippen LogP contribution in [0.25, 0.3) is 10.2 Å². The summed E-state index contributed by atoms with van der Waals surface area (Å²) in [4.78, 5) is 31.4. The highest BCUT2D eigenvalue weighted by molar-refractivity contribution is 7.18. The lowest BCUT2D eigenvalue weighted by molar-refractivity contribution is -0.143. The maximum absolute atomic E-state index is 13.6. The number of ketones is 1. The number of thiazole rings is 1. The van der Waals surface area contributed by atoms with Crippen molar-refractivity contribution in [1.82, 2.24) is 10.3 Å². The number of Topliss-reactive ketones (excluding diaryl/α,β-unsaturated/α-hetero) is 1. The smallest absolute Gasteiger partial charge is 0.223 e. The summed E-state index contributed by atoms with van der Waals surface area (Å²) in [5.41, 5.74) is 0.263. The highest BCUT2D eigenvalue weighted by atomic mass is 32.1. The zero-order valence-corrected chi connectivity index (χ0v) is 23.8. The minimum Gasteiger partial charge on any atom is -0.392 e. The van der Waals surface area contributed by atoms with Gasteiger partial charge in [-0.1, -0.05) is 33.3 Å². The summed E-state index contributed by atoms with van der Waals surface area (Å²) >= 11 is 1.63. The Morgan fingerprint density at radius 1 is 1.26 bits per heavy atom. The van der Waals surface area contributed by atoms with Gasteiger partial charge in [0.05, 0.1) is 62.9 Å². The molecule has 38 heavy (non-hydrogen) atoms. The van der Waals surface area contributed by atoms with E-state index in [9.17, 15) is 19.8 Å². The van der Waals surface area contributed by atoms with Gasteiger partial charge in [-0.2, -0.15) is 0 Å². The minimum atomic E-state index is -1.26. The second kappa shape index (κ2) is 11.1. The van der Waals surface area contributed by atoms with E-state index in [1.807, 2.05) is 32.0 Å². The van der Waals surface area contributed by atoms with Gasteiger partial charge in [-0.3, -0.25) is 9.59 Å². The van der Waals surface area contributed by atoms with Crippen LogP contribution in [0.5, 0.6) is 0 Å². The monoisotopic (exact) mass is 540 g/mol. The van der Waals surface area contributed by atoms with E-state index in [2.05, 4.69) is 23.1 Å². The second-order valence-corrected chi connectivity index (χ2v) is 13.2. The van der Waals surface area contributed by atoms with E-state index in [-0.39, 0.29) is 48.2 Å². The first-order valence-corrected chi connectivity index (χ1v) is 14.4. The van der Waals surface area contributed by atoms with Crippen LogP contribution in [0.1, 0.15) is 82.8 Å². The molecule has 3 heterocycles. The van der Waals surface area contributed by atoms with E-state index in [0.717, 1.165) is 40.1 Å². The number of hydrogen-bond donors (Lipinski definition) is 3. The first kappa shape index (κ1) is 28.7. The van der Waals surface area contributed by atoms with Gasteiger partial charge in [-0.15, -0.1) is 23.7 Å². The van der Waals surface area contributed by atoms with Crippen molar-refractivity contribution >= 4 is 33.2 Å². The molecule has 0 radical (unpaired) electrons. The van der Waals surface area contributed by atoms with E-state index < -0.39 is 23.5 Å². The van der Waals surface area contributed by atoms with Crippen LogP contribution in [0.2, 0.25) is 0 Å². The standard InChI is InChI=1S/C30H40N2O5S/c1-7-9-20-27(35)17(2)10-8-13-30(6)25(37-30)15-21(19-11-12-23-22(14-19)31-18(3)38-23)32-26(34)16-24(33)29(4,5)28(20)36/h1,11-12,14,17,20-21,24-25,27,33,35H,8-10,13,15-16H2,2-6H3,(H,32,34). The molecule has 2 aliphatic rings. The molecule has 1 amide bonds. The average molecular weight is 541 g/mol. The molecule has 0 spiro atoms. The van der Waals surface area contributed by atoms with Gasteiger partial charge < -0.3 is 20.3 Å². The number of carbonyl (C=O) groups is 2. The summed E-state index contributed by atoms with van der Waals surface area (Å²) in [5.74, 6) is 0.896. The molecule has 7 atom stereocenters. The van der Waals surface area contributed by atoms with Gasteiger partial charge in [0.2, 0.25) is 5.91 Å². The lowest BCUT2D eigenvalue weighted by atomic mass is 9.71. The number of fused-ring (bicyclic) bond motifs is 2. The number of epoxide rings is 1. The van der Waals surface area contributed by atoms with E-state index in [0.29, 0.717) is 6.42 Å². The highest BCUT2D eigenvalue weighted by Gasteiger charge is 2.52. The first-order chi connectivity index (χ1) is 17.9. The molecule has 7 unspecified atom stereocenters. The van der Waals surface area contributed by atoms with Crippen molar-refractivity contribution in [1.29, 1.82) is 0 Å². The molecule has 3 N–H and O–H groups in total. The van der Waals surface area contributed by atoms with Gasteiger partial charge in [-0.05, 0) is 50.3 Å². The normalized spacial score (nSPS) is 34.8. The number of carbonyl (C=O) groups excluding carboxylic acids is 2. The maximum Gasteiger partial charge on any atom is 0.223 e. The number of terminal acetylenes is 1. The molecule has 2 aromatic rings. The van der Waals surface area contributed by atoms with Crippen molar-refractivity contribution in [2.45, 2.75) is 103 Å². The molecule has 0 bridgehead atoms. The Morgan fingerprint density at radius 2 is 2.00 bits per heavy atom. The third-order valence-corrected chi connectivity index (χ3v) is 9.54. The fourth-order valence-electron chi connectivity index (χ4n) is 5.74. The minimum absolute atomic E-state index is 0.0223. The van der Waals surface area contributed by atoms with E-state index >= 15 is 0 Å². The number of aliphatic hydroxyl groups excluding tert-OH is 2. The number of nitrogens with one attached hydrogen (secondary N) is 1. The van der Waals surface area contributed by atoms with Crippen molar-refractivity contribution in [2.24, 2.45) is 17.3 Å². The molecule has 2 fully saturated rings. The summed E-state index contributed by atoms with van der Waals surface area (Å²) in [7, 11) is 0. The Balaban J connectivity index is 1.63. The largest absolute Gasteiger partial charge is 0.392 e. The van der Waals surface area contributed by atoms with Crippen molar-refractivity contribution in [3.8, 4) is 12.3 Å². The van der Waals surface area contributed by atoms with E-state index in [4.69, 9.17) is 11.2 Å². The number of amides is 1. The van der Waals surface area contributed by atoms with Gasteiger partial charge in [0.25, 0.3) is 0 Å². The number of aliphatic hydroxyl groups is 2. The number of hydrogen-bond acceptors (Lipinski definition) is 7. The third-order valence-electron chi connectivity index (χ3n) is 8.59. The maximum atomic E-state index is 13.6. The van der Waals surface area contributed by atoms with Gasteiger partial charge in [0.15, 0.2) is 0 Å². The molecule has 1 aromatic carbocycles. The first-order valence-electron chi connectivity index (χ1n) is 13.5. The predicted molar refractivity (Wildman–Crippen MR) is 149 cm³/mol. The second-order valence-electron chi connectivity index (χ2n) is 11.9. The molecule has 0 aliphatic carbocycles. The third kappa shape index (κ3) is 5.96. The van der Waals surface area contributed by atoms with E-state index in [1.165, 1.54) is 0 Å². The molecule has 2 aliphatic heterocycles. The Hall–Kier alpha value is -2.31. The average Bonchev–Trinajstić information content (AvgIpc) is 3.32. The number of aromatic nitrogens is 1. The molecule has 7 nitrogen and oxygen atoms in total. The highest BCUT2D eigenvalue weighted by Crippen LogP contribution is 2.46. The summed E-state index contributed by atoms with van der Waals surface area (Å²) in [6.45, 7) is 9.24. The van der Waals surface area contributed by atoms with Crippen LogP contribution in [0.15, 0.2) is 18.2 Å². The topological polar surface area (TPSA) is 112 Å². The summed E-state index contributed by atoms with van der Waals surface area (Å²) in [5, 5.41) is 26.2. The van der Waals surface area contributed by atoms with Crippen LogP contribution in [-0.2, 0) is 14.3 Å². The zero-order valence-electron chi connectivity index (χ0n) is 23.0. The van der Waals surface area contributed by atoms with Crippen LogP contribution in [0.3, 0.4) is 0 Å². The van der Waals surface area contributed by atoms with E-state index in [1.54, 1.807) is 25.2 Å². The molecule has 2 saturated heterocycles. The molecule has 1 aromatic heterocycles. The fourth-order valence-corrected chi connectivity index (χ4v) is 6.55. The molecule has 4 rings (SSSR count). The summed E-state index contributed by atoms with van der Waals surface area (Å²) in [6, 6.07) is 5.73. The number of ether oxygens (including phenoxy) is 1. The SMILES string of the molecule is C#CCC1C(=O)C(C)(C)C(O)CC(=O)NC(c2ccc3sc(C)nc3c2)CC2OC2(C)CCCC(C)C1O. The molecular formula is C30H40N2O5S. The zero-order chi connectivity index (χ0) is 27.8. The molecule has 8 heteroatoms. The van der Waals surface area contributed by atoms with Gasteiger partial charge in [0.1, 0.15) is 5.78 Å². The van der Waals surface area contributed by atoms with Crippen LogP contribution >= 0.6 is 11.3 Å². The predicted octanol–water partition coefficient (Wildman–Crippen LogP) is 4.48. The lowest BCUT2D eigenvalue weighted by Crippen LogP contribution is -2.47. The van der Waals surface area contributed by atoms with Gasteiger partial charge in [-0.25, -0.2) is 4.98 Å². The van der Waals surface area contributed by atoms with Crippen molar-refractivity contribution in [3.63, 3.8) is 0 Å². The van der Waals surface area contributed by atoms with Crippen LogP contribution < -0.4 is 5.32 Å². The Morgan fingerprint density at radius 3 is 2.71 bits per heavy atom. The number of rotatable bonds is 2. The fraction of sp³-hybridized carbons (Fsp3) is 0.633. The van der Waals surface area contributed by atoms with Crippen LogP contribution in [-0.4, -0.2) is 50.8 Å². The lowest BCUT2D eigenvalue weighted by Gasteiger charge is -2.35. The van der Waals surface area contributed by atoms with Crippen molar-refractivity contribution < 1.29 is 24.5 Å². The van der Waals surface area contributed by atoms with Crippen LogP contribution in [0, 0.1) is 36.5 Å². The number of benzene rings is 1. The van der Waals surface area contributed by atoms with Gasteiger partial charge in [0, 0.05) is 12.8 Å².